The first-order valence-corrected chi connectivity index (χ1v) is 6.36. The molecule has 0 amide bonds. The summed E-state index contributed by atoms with van der Waals surface area (Å²) in [6, 6.07) is 8.03. The van der Waals surface area contributed by atoms with Crippen molar-refractivity contribution < 1.29 is 0 Å². The molecule has 0 heterocycles. The zero-order valence-corrected chi connectivity index (χ0v) is 10.9. The van der Waals surface area contributed by atoms with Crippen molar-refractivity contribution in [2.75, 3.05) is 5.88 Å². The van der Waals surface area contributed by atoms with Gasteiger partial charge in [-0.1, -0.05) is 44.0 Å². The molecular weight excluding hydrogens is 227 g/mol. The highest BCUT2D eigenvalue weighted by atomic mass is 35.5. The number of rotatable bonds is 5. The van der Waals surface area contributed by atoms with Crippen molar-refractivity contribution in [3.05, 3.63) is 34.9 Å². The van der Waals surface area contributed by atoms with E-state index in [9.17, 15) is 0 Å². The van der Waals surface area contributed by atoms with E-state index in [2.05, 4.69) is 26.0 Å². The number of hydrogen-bond donors (Lipinski definition) is 0. The predicted octanol–water partition coefficient (Wildman–Crippen LogP) is 5.10. The summed E-state index contributed by atoms with van der Waals surface area (Å²) >= 11 is 11.8. The first-order chi connectivity index (χ1) is 7.13. The Bertz CT molecular complexity index is 277. The molecule has 1 aromatic carbocycles. The van der Waals surface area contributed by atoms with Gasteiger partial charge in [-0.15, -0.1) is 11.6 Å². The van der Waals surface area contributed by atoms with Crippen LogP contribution < -0.4 is 0 Å². The average Bonchev–Trinajstić information content (AvgIpc) is 2.21. The van der Waals surface area contributed by atoms with Gasteiger partial charge in [0.05, 0.1) is 0 Å². The molecule has 0 nitrogen and oxygen atoms in total. The van der Waals surface area contributed by atoms with Crippen LogP contribution in [0, 0.1) is 5.92 Å². The molecule has 0 bridgehead atoms. The molecule has 0 fully saturated rings. The average molecular weight is 245 g/mol. The standard InChI is InChI=1S/C13H18Cl2/c1-10(2)3-4-12(9-14)11-5-7-13(15)8-6-11/h5-8,10,12H,3-4,9H2,1-2H3. The van der Waals surface area contributed by atoms with Gasteiger partial charge in [-0.3, -0.25) is 0 Å². The summed E-state index contributed by atoms with van der Waals surface area (Å²) in [7, 11) is 0. The van der Waals surface area contributed by atoms with Crippen LogP contribution in [0.5, 0.6) is 0 Å². The van der Waals surface area contributed by atoms with E-state index in [1.165, 1.54) is 12.0 Å². The van der Waals surface area contributed by atoms with Crippen molar-refractivity contribution >= 4 is 23.2 Å². The van der Waals surface area contributed by atoms with E-state index < -0.39 is 0 Å². The lowest BCUT2D eigenvalue weighted by Crippen LogP contribution is -2.02. The molecule has 15 heavy (non-hydrogen) atoms. The quantitative estimate of drug-likeness (QED) is 0.633. The van der Waals surface area contributed by atoms with Crippen LogP contribution in [0.15, 0.2) is 24.3 Å². The maximum Gasteiger partial charge on any atom is 0.0406 e. The Morgan fingerprint density at radius 2 is 1.67 bits per heavy atom. The summed E-state index contributed by atoms with van der Waals surface area (Å²) in [5.74, 6) is 1.89. The molecule has 0 spiro atoms. The summed E-state index contributed by atoms with van der Waals surface area (Å²) in [6.45, 7) is 4.49. The zero-order valence-electron chi connectivity index (χ0n) is 9.34. The van der Waals surface area contributed by atoms with Crippen LogP contribution in [0.2, 0.25) is 5.02 Å². The lowest BCUT2D eigenvalue weighted by atomic mass is 9.93. The molecule has 0 aliphatic rings. The van der Waals surface area contributed by atoms with Gasteiger partial charge in [-0.25, -0.2) is 0 Å². The Labute approximate surface area is 103 Å². The number of benzene rings is 1. The van der Waals surface area contributed by atoms with Crippen molar-refractivity contribution in [2.24, 2.45) is 5.92 Å². The topological polar surface area (TPSA) is 0 Å². The fraction of sp³-hybridized carbons (Fsp3) is 0.538. The van der Waals surface area contributed by atoms with Gasteiger partial charge in [0.1, 0.15) is 0 Å². The molecule has 2 heteroatoms. The first kappa shape index (κ1) is 12.9. The van der Waals surface area contributed by atoms with E-state index in [0.29, 0.717) is 11.8 Å². The molecule has 84 valence electrons. The summed E-state index contributed by atoms with van der Waals surface area (Å²) in [4.78, 5) is 0. The van der Waals surface area contributed by atoms with E-state index in [1.54, 1.807) is 0 Å². The van der Waals surface area contributed by atoms with E-state index >= 15 is 0 Å². The van der Waals surface area contributed by atoms with Crippen LogP contribution in [-0.2, 0) is 0 Å². The van der Waals surface area contributed by atoms with E-state index in [1.807, 2.05) is 12.1 Å². The third-order valence-electron chi connectivity index (χ3n) is 2.62. The van der Waals surface area contributed by atoms with Crippen molar-refractivity contribution in [3.8, 4) is 0 Å². The van der Waals surface area contributed by atoms with Crippen LogP contribution in [0.1, 0.15) is 38.2 Å². The Hall–Kier alpha value is -0.200. The molecule has 0 saturated heterocycles. The second kappa shape index (κ2) is 6.40. The van der Waals surface area contributed by atoms with Gasteiger partial charge in [-0.05, 0) is 36.0 Å². The van der Waals surface area contributed by atoms with Gasteiger partial charge < -0.3 is 0 Å². The maximum atomic E-state index is 5.99. The van der Waals surface area contributed by atoms with Gasteiger partial charge in [-0.2, -0.15) is 0 Å². The van der Waals surface area contributed by atoms with Gasteiger partial charge in [0.25, 0.3) is 0 Å². The summed E-state index contributed by atoms with van der Waals surface area (Å²) in [5, 5.41) is 0.788. The fourth-order valence-electron chi connectivity index (χ4n) is 1.60. The highest BCUT2D eigenvalue weighted by Gasteiger charge is 2.10. The maximum absolute atomic E-state index is 5.99. The molecule has 1 unspecified atom stereocenters. The summed E-state index contributed by atoms with van der Waals surface area (Å²) in [6.07, 6.45) is 2.38. The second-order valence-electron chi connectivity index (χ2n) is 4.37. The monoisotopic (exact) mass is 244 g/mol. The molecule has 0 N–H and O–H groups in total. The highest BCUT2D eigenvalue weighted by Crippen LogP contribution is 2.25. The van der Waals surface area contributed by atoms with Crippen molar-refractivity contribution in [1.82, 2.24) is 0 Å². The van der Waals surface area contributed by atoms with Crippen LogP contribution >= 0.6 is 23.2 Å². The van der Waals surface area contributed by atoms with E-state index in [4.69, 9.17) is 23.2 Å². The lowest BCUT2D eigenvalue weighted by Gasteiger charge is -2.15. The smallest absolute Gasteiger partial charge is 0.0406 e. The van der Waals surface area contributed by atoms with Crippen molar-refractivity contribution in [1.29, 1.82) is 0 Å². The van der Waals surface area contributed by atoms with Gasteiger partial charge in [0.2, 0.25) is 0 Å². The third kappa shape index (κ3) is 4.44. The van der Waals surface area contributed by atoms with Crippen LogP contribution in [0.3, 0.4) is 0 Å². The molecule has 0 aliphatic carbocycles. The minimum atomic E-state index is 0.464. The fourth-order valence-corrected chi connectivity index (χ4v) is 2.06. The van der Waals surface area contributed by atoms with Gasteiger partial charge in [0.15, 0.2) is 0 Å². The molecular formula is C13H18Cl2. The molecule has 1 rings (SSSR count). The van der Waals surface area contributed by atoms with E-state index in [-0.39, 0.29) is 0 Å². The Balaban J connectivity index is 2.61. The molecule has 1 aromatic rings. The molecule has 0 radical (unpaired) electrons. The highest BCUT2D eigenvalue weighted by molar-refractivity contribution is 6.30. The number of hydrogen-bond acceptors (Lipinski definition) is 0. The van der Waals surface area contributed by atoms with Crippen molar-refractivity contribution in [3.63, 3.8) is 0 Å². The Morgan fingerprint density at radius 1 is 1.07 bits per heavy atom. The number of halogens is 2. The Morgan fingerprint density at radius 3 is 2.13 bits per heavy atom. The molecule has 0 aliphatic heterocycles. The second-order valence-corrected chi connectivity index (χ2v) is 5.12. The normalized spacial score (nSPS) is 13.1. The summed E-state index contributed by atoms with van der Waals surface area (Å²) in [5.41, 5.74) is 1.30. The minimum absolute atomic E-state index is 0.464. The SMILES string of the molecule is CC(C)CCC(CCl)c1ccc(Cl)cc1. The number of alkyl halides is 1. The van der Waals surface area contributed by atoms with Crippen LogP contribution in [0.4, 0.5) is 0 Å². The first-order valence-electron chi connectivity index (χ1n) is 5.45. The Kier molecular flexibility index (Phi) is 5.49. The van der Waals surface area contributed by atoms with Crippen LogP contribution in [0.25, 0.3) is 0 Å². The van der Waals surface area contributed by atoms with E-state index in [0.717, 1.165) is 17.4 Å². The largest absolute Gasteiger partial charge is 0.126 e. The summed E-state index contributed by atoms with van der Waals surface area (Å²) < 4.78 is 0. The third-order valence-corrected chi connectivity index (χ3v) is 3.24. The van der Waals surface area contributed by atoms with Gasteiger partial charge in [0, 0.05) is 10.9 Å². The van der Waals surface area contributed by atoms with Crippen molar-refractivity contribution in [2.45, 2.75) is 32.6 Å². The molecule has 0 aromatic heterocycles. The van der Waals surface area contributed by atoms with Crippen LogP contribution in [-0.4, -0.2) is 5.88 Å². The zero-order chi connectivity index (χ0) is 11.3. The predicted molar refractivity (Wildman–Crippen MR) is 69.0 cm³/mol. The minimum Gasteiger partial charge on any atom is -0.126 e. The molecule has 0 saturated carbocycles. The molecule has 1 atom stereocenters. The lowest BCUT2D eigenvalue weighted by molar-refractivity contribution is 0.519. The van der Waals surface area contributed by atoms with Gasteiger partial charge >= 0.3 is 0 Å².